The first-order chi connectivity index (χ1) is 8.06. The van der Waals surface area contributed by atoms with Gasteiger partial charge in [0.05, 0.1) is 17.4 Å². The van der Waals surface area contributed by atoms with E-state index in [0.29, 0.717) is 5.69 Å². The van der Waals surface area contributed by atoms with E-state index in [9.17, 15) is 9.18 Å². The van der Waals surface area contributed by atoms with Crippen LogP contribution < -0.4 is 5.32 Å². The molecule has 0 saturated carbocycles. The summed E-state index contributed by atoms with van der Waals surface area (Å²) in [6, 6.07) is 7.25. The molecular weight excluding hydrogens is 310 g/mol. The number of hydrogen-bond acceptors (Lipinski definition) is 2. The van der Waals surface area contributed by atoms with Crippen LogP contribution in [0.5, 0.6) is 0 Å². The van der Waals surface area contributed by atoms with Crippen LogP contribution >= 0.6 is 27.5 Å². The molecular formula is C11H7BrClFN2O. The molecule has 0 aliphatic carbocycles. The molecule has 1 amide bonds. The Balaban J connectivity index is 2.34. The zero-order valence-electron chi connectivity index (χ0n) is 8.45. The van der Waals surface area contributed by atoms with E-state index in [1.54, 1.807) is 6.07 Å². The molecule has 0 spiro atoms. The number of pyridine rings is 1. The minimum Gasteiger partial charge on any atom is -0.321 e. The molecule has 0 radical (unpaired) electrons. The molecule has 2 aromatic rings. The van der Waals surface area contributed by atoms with Gasteiger partial charge in [-0.1, -0.05) is 27.5 Å². The predicted octanol–water partition coefficient (Wildman–Crippen LogP) is 3.47. The summed E-state index contributed by atoms with van der Waals surface area (Å²) in [6.07, 6.45) is 1.45. The highest BCUT2D eigenvalue weighted by Gasteiger charge is 2.13. The number of nitrogens with zero attached hydrogens (tertiary/aromatic N) is 1. The van der Waals surface area contributed by atoms with Gasteiger partial charge in [-0.15, -0.1) is 0 Å². The van der Waals surface area contributed by atoms with Crippen LogP contribution in [0.4, 0.5) is 10.1 Å². The third-order valence-corrected chi connectivity index (χ3v) is 2.80. The van der Waals surface area contributed by atoms with Crippen molar-refractivity contribution in [3.05, 3.63) is 34.9 Å². The smallest absolute Gasteiger partial charge is 0.274 e. The van der Waals surface area contributed by atoms with Gasteiger partial charge in [-0.25, -0.2) is 4.39 Å². The summed E-state index contributed by atoms with van der Waals surface area (Å²) in [5, 5.41) is 3.16. The van der Waals surface area contributed by atoms with E-state index < -0.39 is 11.5 Å². The van der Waals surface area contributed by atoms with Gasteiger partial charge >= 0.3 is 0 Å². The molecule has 0 aliphatic heterocycles. The van der Waals surface area contributed by atoms with E-state index in [1.807, 2.05) is 18.2 Å². The average Bonchev–Trinajstić information content (AvgIpc) is 2.28. The lowest BCUT2D eigenvalue weighted by atomic mass is 10.2. The number of carbonyl (C=O) groups excluding carboxylic acids is 1. The summed E-state index contributed by atoms with van der Waals surface area (Å²) >= 11 is 8.35. The number of benzene rings is 1. The summed E-state index contributed by atoms with van der Waals surface area (Å²) in [4.78, 5) is 15.2. The first-order valence-corrected chi connectivity index (χ1v) is 5.93. The lowest BCUT2D eigenvalue weighted by Crippen LogP contribution is -2.19. The molecule has 1 N–H and O–H groups in total. The number of hydrogen-bond donors (Lipinski definition) is 1. The van der Waals surface area contributed by atoms with Crippen LogP contribution in [0.25, 0.3) is 10.9 Å². The maximum Gasteiger partial charge on any atom is 0.274 e. The highest BCUT2D eigenvalue weighted by Crippen LogP contribution is 2.21. The Hall–Kier alpha value is -1.20. The van der Waals surface area contributed by atoms with Crippen LogP contribution in [0.3, 0.4) is 0 Å². The number of halogens is 3. The zero-order valence-corrected chi connectivity index (χ0v) is 10.8. The molecule has 0 aliphatic rings. The molecule has 17 heavy (non-hydrogen) atoms. The van der Waals surface area contributed by atoms with E-state index in [-0.39, 0.29) is 0 Å². The predicted molar refractivity (Wildman–Crippen MR) is 68.8 cm³/mol. The molecule has 88 valence electrons. The largest absolute Gasteiger partial charge is 0.321 e. The average molecular weight is 318 g/mol. The maximum absolute atomic E-state index is 12.5. The second-order valence-electron chi connectivity index (χ2n) is 3.35. The highest BCUT2D eigenvalue weighted by molar-refractivity contribution is 9.10. The molecule has 1 heterocycles. The zero-order chi connectivity index (χ0) is 12.4. The minimum absolute atomic E-state index is 0.406. The summed E-state index contributed by atoms with van der Waals surface area (Å²) in [7, 11) is 0. The summed E-state index contributed by atoms with van der Waals surface area (Å²) in [6.45, 7) is 0. The van der Waals surface area contributed by atoms with Crippen molar-refractivity contribution in [2.24, 2.45) is 0 Å². The van der Waals surface area contributed by atoms with Crippen molar-refractivity contribution in [3.63, 3.8) is 0 Å². The van der Waals surface area contributed by atoms with Crippen LogP contribution in [-0.4, -0.2) is 16.5 Å². The van der Waals surface area contributed by atoms with Gasteiger partial charge in [0, 0.05) is 9.86 Å². The Kier molecular flexibility index (Phi) is 3.59. The van der Waals surface area contributed by atoms with Gasteiger partial charge in [0.25, 0.3) is 11.5 Å². The third-order valence-electron chi connectivity index (χ3n) is 2.11. The van der Waals surface area contributed by atoms with E-state index in [4.69, 9.17) is 11.6 Å². The Bertz CT molecular complexity index is 576. The molecule has 1 aromatic heterocycles. The van der Waals surface area contributed by atoms with Crippen LogP contribution in [0, 0.1) is 0 Å². The number of alkyl halides is 2. The quantitative estimate of drug-likeness (QED) is 0.862. The Morgan fingerprint density at radius 1 is 1.47 bits per heavy atom. The number of amides is 1. The van der Waals surface area contributed by atoms with E-state index in [0.717, 1.165) is 15.4 Å². The molecule has 1 unspecified atom stereocenters. The van der Waals surface area contributed by atoms with Gasteiger partial charge < -0.3 is 5.32 Å². The Morgan fingerprint density at radius 3 is 2.94 bits per heavy atom. The normalized spacial score (nSPS) is 12.4. The molecule has 0 saturated heterocycles. The monoisotopic (exact) mass is 316 g/mol. The molecule has 1 atom stereocenters. The number of nitrogens with one attached hydrogen (secondary N) is 1. The van der Waals surface area contributed by atoms with Crippen molar-refractivity contribution >= 4 is 50.0 Å². The first-order valence-electron chi connectivity index (χ1n) is 4.70. The van der Waals surface area contributed by atoms with Gasteiger partial charge in [-0.3, -0.25) is 9.78 Å². The lowest BCUT2D eigenvalue weighted by molar-refractivity contribution is -0.118. The number of carbonyl (C=O) groups is 1. The van der Waals surface area contributed by atoms with Crippen molar-refractivity contribution in [2.75, 3.05) is 5.32 Å². The number of aromatic nitrogens is 1. The van der Waals surface area contributed by atoms with Crippen molar-refractivity contribution in [1.82, 2.24) is 4.98 Å². The van der Waals surface area contributed by atoms with Crippen LogP contribution in [-0.2, 0) is 4.79 Å². The van der Waals surface area contributed by atoms with Gasteiger partial charge in [-0.2, -0.15) is 0 Å². The maximum atomic E-state index is 12.5. The van der Waals surface area contributed by atoms with Crippen LogP contribution in [0.2, 0.25) is 0 Å². The summed E-state index contributed by atoms with van der Waals surface area (Å²) < 4.78 is 13.4. The summed E-state index contributed by atoms with van der Waals surface area (Å²) in [5.74, 6) is -0.900. The van der Waals surface area contributed by atoms with Gasteiger partial charge in [0.2, 0.25) is 0 Å². The second kappa shape index (κ2) is 4.98. The van der Waals surface area contributed by atoms with Crippen molar-refractivity contribution in [2.45, 2.75) is 5.63 Å². The Labute approximate surface area is 110 Å². The Morgan fingerprint density at radius 2 is 2.24 bits per heavy atom. The van der Waals surface area contributed by atoms with Crippen molar-refractivity contribution in [3.8, 4) is 0 Å². The fraction of sp³-hybridized carbons (Fsp3) is 0.0909. The van der Waals surface area contributed by atoms with Gasteiger partial charge in [0.1, 0.15) is 0 Å². The summed E-state index contributed by atoms with van der Waals surface area (Å²) in [5.41, 5.74) is -0.869. The minimum atomic E-state index is -2.06. The number of rotatable bonds is 2. The number of anilines is 1. The van der Waals surface area contributed by atoms with E-state index >= 15 is 0 Å². The standard InChI is InChI=1S/C11H7BrClFN2O/c12-7-1-2-9-6(3-7)4-8(5-15-9)16-11(17)10(13)14/h1-5,10H,(H,16,17). The topological polar surface area (TPSA) is 42.0 Å². The molecule has 1 aromatic carbocycles. The lowest BCUT2D eigenvalue weighted by Gasteiger charge is -2.05. The third kappa shape index (κ3) is 2.92. The SMILES string of the molecule is O=C(Nc1cnc2ccc(Br)cc2c1)C(F)Cl. The van der Waals surface area contributed by atoms with Crippen molar-refractivity contribution < 1.29 is 9.18 Å². The van der Waals surface area contributed by atoms with E-state index in [2.05, 4.69) is 26.2 Å². The highest BCUT2D eigenvalue weighted by atomic mass is 79.9. The molecule has 0 bridgehead atoms. The second-order valence-corrected chi connectivity index (χ2v) is 4.65. The molecule has 2 rings (SSSR count). The van der Waals surface area contributed by atoms with Crippen molar-refractivity contribution in [1.29, 1.82) is 0 Å². The van der Waals surface area contributed by atoms with Gasteiger partial charge in [0.15, 0.2) is 0 Å². The molecule has 3 nitrogen and oxygen atoms in total. The van der Waals surface area contributed by atoms with Crippen LogP contribution in [0.15, 0.2) is 34.9 Å². The molecule has 0 fully saturated rings. The fourth-order valence-corrected chi connectivity index (χ4v) is 1.80. The van der Waals surface area contributed by atoms with Gasteiger partial charge in [-0.05, 0) is 24.3 Å². The molecule has 6 heteroatoms. The van der Waals surface area contributed by atoms with Crippen LogP contribution in [0.1, 0.15) is 0 Å². The first kappa shape index (κ1) is 12.3. The van der Waals surface area contributed by atoms with E-state index in [1.165, 1.54) is 6.20 Å². The fourth-order valence-electron chi connectivity index (χ4n) is 1.37. The number of fused-ring (bicyclic) bond motifs is 1.